The first-order valence-corrected chi connectivity index (χ1v) is 9.16. The number of aromatic nitrogens is 2. The number of nitrogens with one attached hydrogen (secondary N) is 1. The lowest BCUT2D eigenvalue weighted by atomic mass is 9.89. The lowest BCUT2D eigenvalue weighted by Crippen LogP contribution is -2.52. The summed E-state index contributed by atoms with van der Waals surface area (Å²) in [6.07, 6.45) is -3.57. The van der Waals surface area contributed by atoms with Crippen molar-refractivity contribution in [1.82, 2.24) is 15.3 Å². The van der Waals surface area contributed by atoms with Crippen molar-refractivity contribution in [2.75, 3.05) is 18.9 Å². The summed E-state index contributed by atoms with van der Waals surface area (Å²) in [6.45, 7) is 2.41. The second kappa shape index (κ2) is 8.12. The molecule has 1 aromatic carbocycles. The minimum atomic E-state index is -5.35. The zero-order chi connectivity index (χ0) is 23.0. The monoisotopic (exact) mass is 439 g/mol. The molecule has 2 heterocycles. The van der Waals surface area contributed by atoms with Gasteiger partial charge in [0.25, 0.3) is 17.4 Å². The number of aryl methyl sites for hydroxylation is 1. The Bertz CT molecular complexity index is 1020. The van der Waals surface area contributed by atoms with Crippen LogP contribution in [0.15, 0.2) is 24.4 Å². The predicted molar refractivity (Wildman–Crippen MR) is 102 cm³/mol. The highest BCUT2D eigenvalue weighted by Gasteiger charge is 2.60. The van der Waals surface area contributed by atoms with Gasteiger partial charge >= 0.3 is 6.18 Å². The summed E-state index contributed by atoms with van der Waals surface area (Å²) in [5.41, 5.74) is 6.29. The van der Waals surface area contributed by atoms with Crippen LogP contribution in [-0.4, -0.2) is 52.3 Å². The molecule has 6 N–H and O–H groups in total. The Labute approximate surface area is 174 Å². The van der Waals surface area contributed by atoms with Crippen molar-refractivity contribution in [1.29, 1.82) is 0 Å². The quantitative estimate of drug-likeness (QED) is 0.537. The molecule has 0 radical (unpaired) electrons. The van der Waals surface area contributed by atoms with Gasteiger partial charge in [-0.25, -0.2) is 9.97 Å². The Morgan fingerprint density at radius 1 is 1.32 bits per heavy atom. The highest BCUT2D eigenvalue weighted by Crippen LogP contribution is 2.40. The van der Waals surface area contributed by atoms with Crippen LogP contribution in [0.4, 0.5) is 19.0 Å². The molecule has 9 nitrogen and oxygen atoms in total. The van der Waals surface area contributed by atoms with Crippen molar-refractivity contribution in [2.45, 2.75) is 31.2 Å². The van der Waals surface area contributed by atoms with E-state index in [9.17, 15) is 27.9 Å². The van der Waals surface area contributed by atoms with Gasteiger partial charge in [-0.2, -0.15) is 13.2 Å². The van der Waals surface area contributed by atoms with Crippen molar-refractivity contribution in [3.05, 3.63) is 41.2 Å². The van der Waals surface area contributed by atoms with Gasteiger partial charge in [0.05, 0.1) is 24.5 Å². The molecule has 0 bridgehead atoms. The average Bonchev–Trinajstić information content (AvgIpc) is 3.20. The Balaban J connectivity index is 2.04. The van der Waals surface area contributed by atoms with Crippen molar-refractivity contribution in [2.24, 2.45) is 5.73 Å². The maximum atomic E-state index is 13.4. The molecule has 12 heteroatoms. The van der Waals surface area contributed by atoms with Crippen molar-refractivity contribution in [3.8, 4) is 11.3 Å². The molecule has 1 saturated heterocycles. The molecule has 1 aliphatic rings. The van der Waals surface area contributed by atoms with Gasteiger partial charge in [-0.1, -0.05) is 12.1 Å². The number of amides is 2. The normalized spacial score (nSPS) is 18.4. The predicted octanol–water partition coefficient (Wildman–Crippen LogP) is 0.788. The van der Waals surface area contributed by atoms with Crippen molar-refractivity contribution < 1.29 is 32.6 Å². The van der Waals surface area contributed by atoms with E-state index in [0.29, 0.717) is 25.2 Å². The summed E-state index contributed by atoms with van der Waals surface area (Å²) in [7, 11) is 0. The molecule has 166 valence electrons. The van der Waals surface area contributed by atoms with E-state index in [1.807, 2.05) is 0 Å². The summed E-state index contributed by atoms with van der Waals surface area (Å²) in [5.74, 6) is -2.75. The number of benzene rings is 1. The molecule has 1 aliphatic heterocycles. The number of anilines is 1. The topological polar surface area (TPSA) is 153 Å². The number of rotatable bonds is 5. The van der Waals surface area contributed by atoms with Gasteiger partial charge in [0.2, 0.25) is 0 Å². The molecule has 1 fully saturated rings. The molecule has 3 rings (SSSR count). The number of nitrogens with zero attached hydrogens (tertiary/aromatic N) is 2. The van der Waals surface area contributed by atoms with Crippen LogP contribution in [0.2, 0.25) is 0 Å². The highest BCUT2D eigenvalue weighted by molar-refractivity contribution is 5.97. The highest BCUT2D eigenvalue weighted by atomic mass is 19.4. The molecular formula is C19H20F3N5O4. The summed E-state index contributed by atoms with van der Waals surface area (Å²) < 4.78 is 45.5. The van der Waals surface area contributed by atoms with Crippen LogP contribution in [0.1, 0.15) is 28.0 Å². The van der Waals surface area contributed by atoms with Gasteiger partial charge in [-0.05, 0) is 25.0 Å². The largest absolute Gasteiger partial charge is 0.430 e. The van der Waals surface area contributed by atoms with E-state index in [2.05, 4.69) is 15.3 Å². The van der Waals surface area contributed by atoms with E-state index < -0.39 is 29.2 Å². The molecular weight excluding hydrogens is 419 g/mol. The van der Waals surface area contributed by atoms with Crippen molar-refractivity contribution >= 4 is 17.6 Å². The zero-order valence-corrected chi connectivity index (χ0v) is 16.4. The number of hydrogen-bond acceptors (Lipinski definition) is 7. The van der Waals surface area contributed by atoms with Gasteiger partial charge in [0.1, 0.15) is 0 Å². The third-order valence-electron chi connectivity index (χ3n) is 4.98. The van der Waals surface area contributed by atoms with Gasteiger partial charge in [0, 0.05) is 17.7 Å². The van der Waals surface area contributed by atoms with Crippen LogP contribution < -0.4 is 16.8 Å². The van der Waals surface area contributed by atoms with Gasteiger partial charge in [-0.15, -0.1) is 0 Å². The van der Waals surface area contributed by atoms with Crippen molar-refractivity contribution in [3.63, 3.8) is 0 Å². The van der Waals surface area contributed by atoms with E-state index in [4.69, 9.17) is 16.2 Å². The maximum Gasteiger partial charge on any atom is 0.430 e. The number of ether oxygens (including phenoxy) is 1. The molecule has 31 heavy (non-hydrogen) atoms. The molecule has 2 atom stereocenters. The Morgan fingerprint density at radius 3 is 2.61 bits per heavy atom. The molecule has 0 spiro atoms. The van der Waals surface area contributed by atoms with Crippen LogP contribution >= 0.6 is 0 Å². The van der Waals surface area contributed by atoms with E-state index in [1.165, 1.54) is 12.3 Å². The number of aliphatic hydroxyl groups is 1. The number of carbonyl (C=O) groups excluding carboxylic acids is 2. The summed E-state index contributed by atoms with van der Waals surface area (Å²) in [6, 6.07) is 2.91. The Hall–Kier alpha value is -3.25. The standard InChI is InChI=1S/C19H20F3N5O4/c1-9-2-3-10(18(30,17(24)29)19(20,21)22)6-12(9)13-7-25-15(23)14(27-13)16(28)26-11-4-5-31-8-11/h2-3,6-7,11,30H,4-5,8H2,1H3,(H2,23,25)(H2,24,29)(H,26,28). The lowest BCUT2D eigenvalue weighted by molar-refractivity contribution is -0.255. The fourth-order valence-electron chi connectivity index (χ4n) is 3.17. The number of carbonyl (C=O) groups is 2. The van der Waals surface area contributed by atoms with Gasteiger partial charge in [-0.3, -0.25) is 9.59 Å². The average molecular weight is 439 g/mol. The van der Waals surface area contributed by atoms with Crippen LogP contribution in [0.5, 0.6) is 0 Å². The smallest absolute Gasteiger partial charge is 0.382 e. The summed E-state index contributed by atoms with van der Waals surface area (Å²) in [4.78, 5) is 32.1. The second-order valence-electron chi connectivity index (χ2n) is 7.13. The minimum absolute atomic E-state index is 0.0235. The Morgan fingerprint density at radius 2 is 2.03 bits per heavy atom. The lowest BCUT2D eigenvalue weighted by Gasteiger charge is -2.28. The molecule has 2 amide bonds. The fraction of sp³-hybridized carbons (Fsp3) is 0.368. The van der Waals surface area contributed by atoms with E-state index in [-0.39, 0.29) is 28.8 Å². The molecule has 0 aliphatic carbocycles. The first kappa shape index (κ1) is 22.4. The number of alkyl halides is 3. The van der Waals surface area contributed by atoms with E-state index in [1.54, 1.807) is 6.92 Å². The van der Waals surface area contributed by atoms with Crippen LogP contribution in [0.25, 0.3) is 11.3 Å². The first-order valence-electron chi connectivity index (χ1n) is 9.16. The third kappa shape index (κ3) is 4.16. The zero-order valence-electron chi connectivity index (χ0n) is 16.4. The number of hydrogen-bond donors (Lipinski definition) is 4. The second-order valence-corrected chi connectivity index (χ2v) is 7.13. The molecule has 1 aromatic heterocycles. The fourth-order valence-corrected chi connectivity index (χ4v) is 3.17. The molecule has 2 unspecified atom stereocenters. The number of primary amides is 1. The van der Waals surface area contributed by atoms with Crippen LogP contribution in [0.3, 0.4) is 0 Å². The SMILES string of the molecule is Cc1ccc(C(O)(C(N)=O)C(F)(F)F)cc1-c1cnc(N)c(C(=O)NC2CCOC2)n1. The van der Waals surface area contributed by atoms with Gasteiger partial charge < -0.3 is 26.6 Å². The van der Waals surface area contributed by atoms with E-state index >= 15 is 0 Å². The van der Waals surface area contributed by atoms with Gasteiger partial charge in [0.15, 0.2) is 11.5 Å². The minimum Gasteiger partial charge on any atom is -0.382 e. The van der Waals surface area contributed by atoms with Crippen LogP contribution in [0, 0.1) is 6.92 Å². The first-order chi connectivity index (χ1) is 14.4. The summed E-state index contributed by atoms with van der Waals surface area (Å²) in [5, 5.41) is 12.8. The number of halogens is 3. The third-order valence-corrected chi connectivity index (χ3v) is 4.98. The maximum absolute atomic E-state index is 13.4. The molecule has 0 saturated carbocycles. The number of nitrogens with two attached hydrogens (primary N) is 2. The van der Waals surface area contributed by atoms with Crippen LogP contribution in [-0.2, 0) is 15.1 Å². The summed E-state index contributed by atoms with van der Waals surface area (Å²) >= 11 is 0. The number of nitrogen functional groups attached to an aromatic ring is 1. The van der Waals surface area contributed by atoms with E-state index in [0.717, 1.165) is 12.1 Å². The molecule has 2 aromatic rings. The Kier molecular flexibility index (Phi) is 5.87.